The fourth-order valence-electron chi connectivity index (χ4n) is 1.75. The van der Waals surface area contributed by atoms with Gasteiger partial charge in [-0.25, -0.2) is 0 Å². The Hall–Kier alpha value is -1.88. The number of furan rings is 1. The highest BCUT2D eigenvalue weighted by molar-refractivity contribution is 8.00. The van der Waals surface area contributed by atoms with Crippen molar-refractivity contribution in [3.8, 4) is 0 Å². The molecule has 5 heteroatoms. The molecule has 0 fully saturated rings. The molecule has 1 aromatic heterocycles. The van der Waals surface area contributed by atoms with Crippen molar-refractivity contribution in [1.82, 2.24) is 0 Å². The Balaban J connectivity index is 2.04. The van der Waals surface area contributed by atoms with Crippen LogP contribution in [0.3, 0.4) is 0 Å². The molecule has 3 N–H and O–H groups in total. The fourth-order valence-corrected chi connectivity index (χ4v) is 2.64. The van der Waals surface area contributed by atoms with Gasteiger partial charge in [-0.1, -0.05) is 6.07 Å². The third-order valence-electron chi connectivity index (χ3n) is 3.00. The number of anilines is 2. The number of hydrogen-bond donors (Lipinski definition) is 2. The van der Waals surface area contributed by atoms with Crippen molar-refractivity contribution >= 4 is 29.0 Å². The van der Waals surface area contributed by atoms with E-state index in [1.54, 1.807) is 12.3 Å². The predicted octanol–water partition coefficient (Wildman–Crippen LogP) is 3.60. The number of carbonyl (C=O) groups is 1. The van der Waals surface area contributed by atoms with Gasteiger partial charge in [0.15, 0.2) is 0 Å². The molecule has 1 atom stereocenters. The van der Waals surface area contributed by atoms with Crippen LogP contribution in [0.1, 0.15) is 18.2 Å². The number of rotatable bonds is 4. The maximum Gasteiger partial charge on any atom is 0.237 e. The van der Waals surface area contributed by atoms with Gasteiger partial charge in [0.05, 0.1) is 11.5 Å². The second-order valence-electron chi connectivity index (χ2n) is 4.66. The summed E-state index contributed by atoms with van der Waals surface area (Å²) in [4.78, 5) is 13.2. The van der Waals surface area contributed by atoms with Crippen LogP contribution in [0.25, 0.3) is 0 Å². The topological polar surface area (TPSA) is 68.3 Å². The summed E-state index contributed by atoms with van der Waals surface area (Å²) in [5.74, 6) is 0.777. The van der Waals surface area contributed by atoms with E-state index < -0.39 is 0 Å². The second kappa shape index (κ2) is 6.05. The first kappa shape index (κ1) is 14.5. The summed E-state index contributed by atoms with van der Waals surface area (Å²) < 4.78 is 5.23. The highest BCUT2D eigenvalue weighted by Crippen LogP contribution is 2.28. The Morgan fingerprint density at radius 2 is 2.10 bits per heavy atom. The van der Waals surface area contributed by atoms with Crippen LogP contribution in [0.5, 0.6) is 0 Å². The third-order valence-corrected chi connectivity index (χ3v) is 4.25. The van der Waals surface area contributed by atoms with E-state index >= 15 is 0 Å². The van der Waals surface area contributed by atoms with Gasteiger partial charge in [0, 0.05) is 16.3 Å². The lowest BCUT2D eigenvalue weighted by atomic mass is 10.2. The minimum absolute atomic E-state index is 0.0516. The van der Waals surface area contributed by atoms with Gasteiger partial charge >= 0.3 is 0 Å². The largest absolute Gasteiger partial charge is 0.468 e. The maximum atomic E-state index is 12.2. The molecule has 4 nitrogen and oxygen atoms in total. The zero-order chi connectivity index (χ0) is 14.7. The van der Waals surface area contributed by atoms with Gasteiger partial charge in [-0.2, -0.15) is 0 Å². The standard InChI is InChI=1S/C15H18N2O2S/c1-9-4-5-12(16)8-13(9)17-15(18)11(3)20-14-6-7-19-10(14)2/h4-8,11H,16H2,1-3H3,(H,17,18). The number of carbonyl (C=O) groups excluding carboxylic acids is 1. The molecule has 0 bridgehead atoms. The number of nitrogens with one attached hydrogen (secondary N) is 1. The summed E-state index contributed by atoms with van der Waals surface area (Å²) in [6.07, 6.45) is 1.63. The van der Waals surface area contributed by atoms with Crippen molar-refractivity contribution in [2.24, 2.45) is 0 Å². The lowest BCUT2D eigenvalue weighted by molar-refractivity contribution is -0.115. The normalized spacial score (nSPS) is 12.2. The van der Waals surface area contributed by atoms with E-state index in [0.717, 1.165) is 21.9 Å². The van der Waals surface area contributed by atoms with Crippen LogP contribution in [0.2, 0.25) is 0 Å². The molecule has 0 aliphatic rings. The molecule has 0 saturated heterocycles. The highest BCUT2D eigenvalue weighted by atomic mass is 32.2. The second-order valence-corrected chi connectivity index (χ2v) is 6.05. The van der Waals surface area contributed by atoms with Crippen LogP contribution in [0.15, 0.2) is 39.8 Å². The Labute approximate surface area is 122 Å². The summed E-state index contributed by atoms with van der Waals surface area (Å²) in [6.45, 7) is 5.69. The molecule has 0 aliphatic carbocycles. The van der Waals surface area contributed by atoms with Crippen LogP contribution in [0.4, 0.5) is 11.4 Å². The van der Waals surface area contributed by atoms with Gasteiger partial charge < -0.3 is 15.5 Å². The molecule has 2 rings (SSSR count). The van der Waals surface area contributed by atoms with E-state index in [2.05, 4.69) is 5.32 Å². The van der Waals surface area contributed by atoms with Crippen molar-refractivity contribution in [2.75, 3.05) is 11.1 Å². The number of thioether (sulfide) groups is 1. The number of nitrogen functional groups attached to an aromatic ring is 1. The summed E-state index contributed by atoms with van der Waals surface area (Å²) >= 11 is 1.48. The Kier molecular flexibility index (Phi) is 4.39. The van der Waals surface area contributed by atoms with Crippen LogP contribution in [0, 0.1) is 13.8 Å². The molecule has 0 saturated carbocycles. The van der Waals surface area contributed by atoms with Gasteiger partial charge in [0.1, 0.15) is 5.76 Å². The summed E-state index contributed by atoms with van der Waals surface area (Å²) in [5, 5.41) is 2.70. The smallest absolute Gasteiger partial charge is 0.237 e. The number of amides is 1. The van der Waals surface area contributed by atoms with Crippen LogP contribution < -0.4 is 11.1 Å². The lowest BCUT2D eigenvalue weighted by Crippen LogP contribution is -2.22. The first-order valence-electron chi connectivity index (χ1n) is 6.35. The van der Waals surface area contributed by atoms with Crippen molar-refractivity contribution in [3.05, 3.63) is 41.9 Å². The molecule has 1 heterocycles. The van der Waals surface area contributed by atoms with Gasteiger partial charge in [0.2, 0.25) is 5.91 Å². The van der Waals surface area contributed by atoms with Gasteiger partial charge in [0.25, 0.3) is 0 Å². The summed E-state index contributed by atoms with van der Waals surface area (Å²) in [7, 11) is 0. The summed E-state index contributed by atoms with van der Waals surface area (Å²) in [5.41, 5.74) is 8.12. The fraction of sp³-hybridized carbons (Fsp3) is 0.267. The first-order valence-corrected chi connectivity index (χ1v) is 7.23. The number of aryl methyl sites for hydroxylation is 2. The molecule has 1 aromatic carbocycles. The van der Waals surface area contributed by atoms with E-state index in [1.165, 1.54) is 11.8 Å². The van der Waals surface area contributed by atoms with Crippen molar-refractivity contribution < 1.29 is 9.21 Å². The maximum absolute atomic E-state index is 12.2. The van der Waals surface area contributed by atoms with E-state index in [0.29, 0.717) is 5.69 Å². The lowest BCUT2D eigenvalue weighted by Gasteiger charge is -2.13. The minimum atomic E-state index is -0.216. The molecule has 106 valence electrons. The van der Waals surface area contributed by atoms with Crippen LogP contribution in [-0.2, 0) is 4.79 Å². The SMILES string of the molecule is Cc1ccc(N)cc1NC(=O)C(C)Sc1ccoc1C. The van der Waals surface area contributed by atoms with E-state index in [1.807, 2.05) is 39.0 Å². The van der Waals surface area contributed by atoms with Gasteiger partial charge in [-0.15, -0.1) is 11.8 Å². The highest BCUT2D eigenvalue weighted by Gasteiger charge is 2.17. The molecule has 2 aromatic rings. The third kappa shape index (κ3) is 3.36. The van der Waals surface area contributed by atoms with E-state index in [9.17, 15) is 4.79 Å². The van der Waals surface area contributed by atoms with E-state index in [-0.39, 0.29) is 11.2 Å². The average Bonchev–Trinajstić information content (AvgIpc) is 2.79. The van der Waals surface area contributed by atoms with Crippen LogP contribution >= 0.6 is 11.8 Å². The molecule has 1 unspecified atom stereocenters. The monoisotopic (exact) mass is 290 g/mol. The molecule has 0 spiro atoms. The Bertz CT molecular complexity index is 622. The molecule has 0 aliphatic heterocycles. The molecular weight excluding hydrogens is 272 g/mol. The molecule has 1 amide bonds. The van der Waals surface area contributed by atoms with Crippen molar-refractivity contribution in [1.29, 1.82) is 0 Å². The number of benzene rings is 1. The zero-order valence-electron chi connectivity index (χ0n) is 11.8. The van der Waals surface area contributed by atoms with Gasteiger partial charge in [-0.05, 0) is 44.5 Å². The minimum Gasteiger partial charge on any atom is -0.468 e. The Morgan fingerprint density at radius 3 is 2.75 bits per heavy atom. The first-order chi connectivity index (χ1) is 9.47. The predicted molar refractivity (Wildman–Crippen MR) is 83.0 cm³/mol. The molecular formula is C15H18N2O2S. The van der Waals surface area contributed by atoms with E-state index in [4.69, 9.17) is 10.2 Å². The number of nitrogens with two attached hydrogens (primary N) is 1. The van der Waals surface area contributed by atoms with Gasteiger partial charge in [-0.3, -0.25) is 4.79 Å². The number of hydrogen-bond acceptors (Lipinski definition) is 4. The zero-order valence-corrected chi connectivity index (χ0v) is 12.6. The quantitative estimate of drug-likeness (QED) is 0.667. The average molecular weight is 290 g/mol. The summed E-state index contributed by atoms with van der Waals surface area (Å²) in [6, 6.07) is 7.35. The molecule has 0 radical (unpaired) electrons. The molecule has 20 heavy (non-hydrogen) atoms. The van der Waals surface area contributed by atoms with Crippen molar-refractivity contribution in [3.63, 3.8) is 0 Å². The Morgan fingerprint density at radius 1 is 1.35 bits per heavy atom. The van der Waals surface area contributed by atoms with Crippen LogP contribution in [-0.4, -0.2) is 11.2 Å². The van der Waals surface area contributed by atoms with Crippen molar-refractivity contribution in [2.45, 2.75) is 30.9 Å².